The van der Waals surface area contributed by atoms with Crippen LogP contribution in [0.2, 0.25) is 0 Å². The molecule has 206 valence electrons. The Morgan fingerprint density at radius 1 is 1.15 bits per heavy atom. The summed E-state index contributed by atoms with van der Waals surface area (Å²) in [6.45, 7) is 5.25. The van der Waals surface area contributed by atoms with Gasteiger partial charge in [-0.3, -0.25) is 4.90 Å². The largest absolute Gasteiger partial charge is 0.393 e. The predicted octanol–water partition coefficient (Wildman–Crippen LogP) is 5.78. The van der Waals surface area contributed by atoms with Gasteiger partial charge in [-0.1, -0.05) is 6.07 Å². The SMILES string of the molecule is Cc1c(CN2CCC(Nc3ncnc4sc(CC(F)(F)F)cc34)CC2)ccc2c1cc(C#N)n2Cc1cnc[nH]1. The summed E-state index contributed by atoms with van der Waals surface area (Å²) in [6.07, 6.45) is 1.40. The molecule has 0 atom stereocenters. The zero-order chi connectivity index (χ0) is 27.9. The minimum absolute atomic E-state index is 0.179. The van der Waals surface area contributed by atoms with Crippen LogP contribution in [0.25, 0.3) is 21.1 Å². The van der Waals surface area contributed by atoms with Gasteiger partial charge in [-0.25, -0.2) is 15.0 Å². The Kier molecular flexibility index (Phi) is 6.93. The summed E-state index contributed by atoms with van der Waals surface area (Å²) in [5.41, 5.74) is 4.99. The van der Waals surface area contributed by atoms with Crippen LogP contribution in [-0.4, -0.2) is 54.7 Å². The second-order valence-electron chi connectivity index (χ2n) is 10.2. The Hall–Kier alpha value is -3.95. The highest BCUT2D eigenvalue weighted by molar-refractivity contribution is 7.18. The van der Waals surface area contributed by atoms with Crippen molar-refractivity contribution in [3.63, 3.8) is 0 Å². The van der Waals surface area contributed by atoms with Crippen molar-refractivity contribution in [2.45, 2.75) is 51.5 Å². The van der Waals surface area contributed by atoms with Crippen molar-refractivity contribution in [3.8, 4) is 6.07 Å². The maximum atomic E-state index is 12.9. The number of aromatic amines is 1. The van der Waals surface area contributed by atoms with Crippen LogP contribution in [0.1, 0.15) is 40.2 Å². The van der Waals surface area contributed by atoms with Crippen molar-refractivity contribution in [2.75, 3.05) is 18.4 Å². The number of hydrogen-bond donors (Lipinski definition) is 2. The number of halogens is 3. The maximum Gasteiger partial charge on any atom is 0.393 e. The molecule has 5 heterocycles. The number of aromatic nitrogens is 5. The molecule has 0 bridgehead atoms. The number of fused-ring (bicyclic) bond motifs is 2. The molecule has 6 rings (SSSR count). The number of rotatable bonds is 7. The molecule has 4 aromatic heterocycles. The number of benzene rings is 1. The van der Waals surface area contributed by atoms with E-state index in [1.165, 1.54) is 17.5 Å². The molecular formula is C28H27F3N8S. The van der Waals surface area contributed by atoms with Crippen LogP contribution in [0.3, 0.4) is 0 Å². The highest BCUT2D eigenvalue weighted by atomic mass is 32.1. The Balaban J connectivity index is 1.12. The highest BCUT2D eigenvalue weighted by Gasteiger charge is 2.29. The van der Waals surface area contributed by atoms with E-state index in [0.29, 0.717) is 28.3 Å². The van der Waals surface area contributed by atoms with Crippen LogP contribution in [0, 0.1) is 18.3 Å². The number of nitriles is 1. The molecular weight excluding hydrogens is 537 g/mol. The lowest BCUT2D eigenvalue weighted by Gasteiger charge is -2.33. The molecule has 1 saturated heterocycles. The normalized spacial score (nSPS) is 15.2. The molecule has 12 heteroatoms. The van der Waals surface area contributed by atoms with Crippen LogP contribution >= 0.6 is 11.3 Å². The van der Waals surface area contributed by atoms with E-state index in [9.17, 15) is 18.4 Å². The standard InChI is InChI=1S/C28H27F3N8S/c1-17-18(2-3-25-23(17)8-21(11-32)39(25)14-20-12-33-15-34-20)13-38-6-4-19(5-7-38)37-26-24-9-22(10-28(29,30)31)40-27(24)36-16-35-26/h2-3,8-9,12,15-16,19H,4-7,10,13-14H2,1H3,(H,33,34)(H,35,36,37). The monoisotopic (exact) mass is 564 g/mol. The molecule has 40 heavy (non-hydrogen) atoms. The minimum Gasteiger partial charge on any atom is -0.367 e. The van der Waals surface area contributed by atoms with Crippen LogP contribution < -0.4 is 5.32 Å². The number of anilines is 1. The number of alkyl halides is 3. The van der Waals surface area contributed by atoms with Gasteiger partial charge in [0.2, 0.25) is 0 Å². The van der Waals surface area contributed by atoms with Crippen LogP contribution in [0.15, 0.2) is 43.1 Å². The van der Waals surface area contributed by atoms with Gasteiger partial charge in [0, 0.05) is 47.7 Å². The number of H-pyrrole nitrogens is 1. The van der Waals surface area contributed by atoms with E-state index in [-0.39, 0.29) is 10.9 Å². The van der Waals surface area contributed by atoms with E-state index in [1.807, 2.05) is 10.6 Å². The zero-order valence-corrected chi connectivity index (χ0v) is 22.6. The van der Waals surface area contributed by atoms with Gasteiger partial charge in [0.1, 0.15) is 28.7 Å². The van der Waals surface area contributed by atoms with E-state index in [1.54, 1.807) is 18.6 Å². The molecule has 1 fully saturated rings. The molecule has 1 aliphatic heterocycles. The zero-order valence-electron chi connectivity index (χ0n) is 21.8. The summed E-state index contributed by atoms with van der Waals surface area (Å²) in [6, 6.07) is 10.3. The lowest BCUT2D eigenvalue weighted by molar-refractivity contribution is -0.126. The Morgan fingerprint density at radius 2 is 1.98 bits per heavy atom. The number of hydrogen-bond acceptors (Lipinski definition) is 7. The third-order valence-corrected chi connectivity index (χ3v) is 8.59. The fourth-order valence-corrected chi connectivity index (χ4v) is 6.50. The minimum atomic E-state index is -4.25. The number of aryl methyl sites for hydroxylation is 1. The first-order valence-electron chi connectivity index (χ1n) is 13.1. The average Bonchev–Trinajstić information content (AvgIpc) is 3.66. The van der Waals surface area contributed by atoms with E-state index in [4.69, 9.17) is 0 Å². The maximum absolute atomic E-state index is 12.9. The summed E-state index contributed by atoms with van der Waals surface area (Å²) in [5, 5.41) is 14.9. The first-order valence-corrected chi connectivity index (χ1v) is 13.9. The third-order valence-electron chi connectivity index (χ3n) is 7.54. The number of imidazole rings is 1. The van der Waals surface area contributed by atoms with Crippen molar-refractivity contribution in [3.05, 3.63) is 70.5 Å². The van der Waals surface area contributed by atoms with Crippen molar-refractivity contribution in [1.29, 1.82) is 5.26 Å². The van der Waals surface area contributed by atoms with Crippen LogP contribution in [-0.2, 0) is 19.5 Å². The molecule has 0 unspecified atom stereocenters. The van der Waals surface area contributed by atoms with Gasteiger partial charge in [0.05, 0.1) is 30.4 Å². The van der Waals surface area contributed by atoms with Crippen LogP contribution in [0.5, 0.6) is 0 Å². The van der Waals surface area contributed by atoms with Crippen LogP contribution in [0.4, 0.5) is 19.0 Å². The van der Waals surface area contributed by atoms with Gasteiger partial charge < -0.3 is 14.9 Å². The lowest BCUT2D eigenvalue weighted by atomic mass is 10.0. The summed E-state index contributed by atoms with van der Waals surface area (Å²) in [4.78, 5) is 18.9. The highest BCUT2D eigenvalue weighted by Crippen LogP contribution is 2.33. The van der Waals surface area contributed by atoms with Gasteiger partial charge in [0.15, 0.2) is 0 Å². The molecule has 1 aromatic carbocycles. The number of likely N-dealkylation sites (tertiary alicyclic amines) is 1. The van der Waals surface area contributed by atoms with Crippen molar-refractivity contribution < 1.29 is 13.2 Å². The van der Waals surface area contributed by atoms with Crippen molar-refractivity contribution in [1.82, 2.24) is 29.4 Å². The van der Waals surface area contributed by atoms with E-state index in [2.05, 4.69) is 55.3 Å². The second kappa shape index (κ2) is 10.6. The first-order chi connectivity index (χ1) is 19.3. The molecule has 0 radical (unpaired) electrons. The molecule has 1 aliphatic rings. The summed E-state index contributed by atoms with van der Waals surface area (Å²) >= 11 is 1.07. The molecule has 0 spiro atoms. The Morgan fingerprint density at radius 3 is 2.70 bits per heavy atom. The number of nitrogens with zero attached hydrogens (tertiary/aromatic N) is 6. The molecule has 8 nitrogen and oxygen atoms in total. The molecule has 0 saturated carbocycles. The fraction of sp³-hybridized carbons (Fsp3) is 0.357. The summed E-state index contributed by atoms with van der Waals surface area (Å²) in [7, 11) is 0. The molecule has 5 aromatic rings. The predicted molar refractivity (Wildman–Crippen MR) is 148 cm³/mol. The summed E-state index contributed by atoms with van der Waals surface area (Å²) < 4.78 is 40.6. The quantitative estimate of drug-likeness (QED) is 0.260. The summed E-state index contributed by atoms with van der Waals surface area (Å²) in [5.74, 6) is 0.599. The average molecular weight is 565 g/mol. The Bertz CT molecular complexity index is 1690. The van der Waals surface area contributed by atoms with E-state index < -0.39 is 12.6 Å². The molecule has 0 amide bonds. The molecule has 0 aliphatic carbocycles. The smallest absolute Gasteiger partial charge is 0.367 e. The van der Waals surface area contributed by atoms with Gasteiger partial charge >= 0.3 is 6.18 Å². The third kappa shape index (κ3) is 5.39. The van der Waals surface area contributed by atoms with Crippen molar-refractivity contribution in [2.24, 2.45) is 0 Å². The first kappa shape index (κ1) is 26.3. The topological polar surface area (TPSA) is 98.5 Å². The number of thiophene rings is 1. The van der Waals surface area contributed by atoms with Gasteiger partial charge in [-0.2, -0.15) is 18.4 Å². The number of nitrogens with one attached hydrogen (secondary N) is 2. The van der Waals surface area contributed by atoms with Gasteiger partial charge in [-0.15, -0.1) is 11.3 Å². The number of piperidine rings is 1. The van der Waals surface area contributed by atoms with Crippen molar-refractivity contribution >= 4 is 38.3 Å². The van der Waals surface area contributed by atoms with Gasteiger partial charge in [-0.05, 0) is 49.1 Å². The molecule has 2 N–H and O–H groups in total. The lowest BCUT2D eigenvalue weighted by Crippen LogP contribution is -2.39. The van der Waals surface area contributed by atoms with E-state index >= 15 is 0 Å². The Labute approximate surface area is 232 Å². The van der Waals surface area contributed by atoms with E-state index in [0.717, 1.165) is 60.4 Å². The van der Waals surface area contributed by atoms with Gasteiger partial charge in [0.25, 0.3) is 0 Å². The fourth-order valence-electron chi connectivity index (χ4n) is 5.47. The second-order valence-corrected chi connectivity index (χ2v) is 11.3.